The molecule has 106 valence electrons. The molecule has 0 aromatic carbocycles. The summed E-state index contributed by atoms with van der Waals surface area (Å²) in [5, 5.41) is 12.6. The SMILES string of the molecule is CC1CCCCN1CCCNCc1ccc(O)cn1. The number of pyridine rings is 1. The van der Waals surface area contributed by atoms with Crippen molar-refractivity contribution < 1.29 is 5.11 Å². The van der Waals surface area contributed by atoms with E-state index in [4.69, 9.17) is 5.11 Å². The number of hydrogen-bond acceptors (Lipinski definition) is 4. The van der Waals surface area contributed by atoms with E-state index >= 15 is 0 Å². The molecule has 0 spiro atoms. The molecule has 1 aliphatic heterocycles. The summed E-state index contributed by atoms with van der Waals surface area (Å²) in [4.78, 5) is 6.76. The summed E-state index contributed by atoms with van der Waals surface area (Å²) in [5.41, 5.74) is 0.976. The van der Waals surface area contributed by atoms with Crippen LogP contribution in [0.1, 0.15) is 38.3 Å². The van der Waals surface area contributed by atoms with Crippen molar-refractivity contribution in [3.63, 3.8) is 0 Å². The first-order chi connectivity index (χ1) is 9.25. The van der Waals surface area contributed by atoms with E-state index in [1.165, 1.54) is 45.0 Å². The van der Waals surface area contributed by atoms with Gasteiger partial charge in [0.25, 0.3) is 0 Å². The lowest BCUT2D eigenvalue weighted by molar-refractivity contribution is 0.159. The zero-order valence-electron chi connectivity index (χ0n) is 11.8. The molecule has 0 aliphatic carbocycles. The Kier molecular flexibility index (Phi) is 5.61. The van der Waals surface area contributed by atoms with E-state index in [1.54, 1.807) is 6.07 Å². The molecule has 0 amide bonds. The molecule has 4 nitrogen and oxygen atoms in total. The summed E-state index contributed by atoms with van der Waals surface area (Å²) in [7, 11) is 0. The van der Waals surface area contributed by atoms with Crippen molar-refractivity contribution in [3.05, 3.63) is 24.0 Å². The lowest BCUT2D eigenvalue weighted by Crippen LogP contribution is -2.38. The zero-order valence-corrected chi connectivity index (χ0v) is 11.8. The van der Waals surface area contributed by atoms with Crippen LogP contribution >= 0.6 is 0 Å². The summed E-state index contributed by atoms with van der Waals surface area (Å²) in [5.74, 6) is 0.225. The molecule has 1 aliphatic rings. The van der Waals surface area contributed by atoms with Gasteiger partial charge in [0.2, 0.25) is 0 Å². The van der Waals surface area contributed by atoms with Crippen LogP contribution in [0, 0.1) is 0 Å². The second kappa shape index (κ2) is 7.46. The van der Waals surface area contributed by atoms with E-state index in [0.29, 0.717) is 0 Å². The van der Waals surface area contributed by atoms with E-state index in [-0.39, 0.29) is 5.75 Å². The standard InChI is InChI=1S/C15H25N3O/c1-13-5-2-3-9-18(13)10-4-8-16-11-14-6-7-15(19)12-17-14/h6-7,12-13,16,19H,2-5,8-11H2,1H3. The molecule has 1 aromatic rings. The number of rotatable bonds is 6. The lowest BCUT2D eigenvalue weighted by Gasteiger charge is -2.33. The van der Waals surface area contributed by atoms with Gasteiger partial charge in [0.05, 0.1) is 11.9 Å². The Morgan fingerprint density at radius 3 is 3.05 bits per heavy atom. The number of nitrogens with zero attached hydrogens (tertiary/aromatic N) is 2. The third-order valence-electron chi connectivity index (χ3n) is 3.85. The lowest BCUT2D eigenvalue weighted by atomic mass is 10.0. The average Bonchev–Trinajstić information content (AvgIpc) is 2.42. The minimum absolute atomic E-state index is 0.225. The number of piperidine rings is 1. The van der Waals surface area contributed by atoms with Crippen molar-refractivity contribution in [2.45, 2.75) is 45.2 Å². The topological polar surface area (TPSA) is 48.4 Å². The van der Waals surface area contributed by atoms with Crippen molar-refractivity contribution in [1.29, 1.82) is 0 Å². The molecule has 1 aromatic heterocycles. The molecule has 1 saturated heterocycles. The van der Waals surface area contributed by atoms with Crippen LogP contribution < -0.4 is 5.32 Å². The molecule has 0 radical (unpaired) electrons. The van der Waals surface area contributed by atoms with Gasteiger partial charge < -0.3 is 15.3 Å². The highest BCUT2D eigenvalue weighted by molar-refractivity contribution is 5.17. The summed E-state index contributed by atoms with van der Waals surface area (Å²) in [6.07, 6.45) is 6.78. The molecule has 19 heavy (non-hydrogen) atoms. The second-order valence-electron chi connectivity index (χ2n) is 5.42. The van der Waals surface area contributed by atoms with Gasteiger partial charge >= 0.3 is 0 Å². The number of aromatic nitrogens is 1. The van der Waals surface area contributed by atoms with Crippen molar-refractivity contribution in [2.24, 2.45) is 0 Å². The molecular formula is C15H25N3O. The number of nitrogens with one attached hydrogen (secondary N) is 1. The van der Waals surface area contributed by atoms with Crippen LogP contribution in [-0.2, 0) is 6.54 Å². The summed E-state index contributed by atoms with van der Waals surface area (Å²) in [6, 6.07) is 4.29. The largest absolute Gasteiger partial charge is 0.506 e. The molecule has 0 saturated carbocycles. The number of likely N-dealkylation sites (tertiary alicyclic amines) is 1. The van der Waals surface area contributed by atoms with Gasteiger partial charge in [-0.3, -0.25) is 4.98 Å². The van der Waals surface area contributed by atoms with E-state index in [0.717, 1.165) is 24.8 Å². The predicted molar refractivity (Wildman–Crippen MR) is 77.1 cm³/mol. The third-order valence-corrected chi connectivity index (χ3v) is 3.85. The Morgan fingerprint density at radius 2 is 2.32 bits per heavy atom. The minimum atomic E-state index is 0.225. The van der Waals surface area contributed by atoms with Gasteiger partial charge in [0.1, 0.15) is 5.75 Å². The first kappa shape index (κ1) is 14.3. The molecule has 1 atom stereocenters. The summed E-state index contributed by atoms with van der Waals surface area (Å²) < 4.78 is 0. The van der Waals surface area contributed by atoms with Crippen LogP contribution in [-0.4, -0.2) is 40.7 Å². The van der Waals surface area contributed by atoms with Gasteiger partial charge in [-0.2, -0.15) is 0 Å². The maximum Gasteiger partial charge on any atom is 0.133 e. The number of hydrogen-bond donors (Lipinski definition) is 2. The smallest absolute Gasteiger partial charge is 0.133 e. The Labute approximate surface area is 115 Å². The Hall–Kier alpha value is -1.13. The summed E-state index contributed by atoms with van der Waals surface area (Å²) in [6.45, 7) is 6.59. The molecular weight excluding hydrogens is 238 g/mol. The average molecular weight is 263 g/mol. The van der Waals surface area contributed by atoms with Gasteiger partial charge in [0.15, 0.2) is 0 Å². The van der Waals surface area contributed by atoms with Gasteiger partial charge in [-0.15, -0.1) is 0 Å². The fourth-order valence-corrected chi connectivity index (χ4v) is 2.63. The van der Waals surface area contributed by atoms with Crippen LogP contribution in [0.25, 0.3) is 0 Å². The fourth-order valence-electron chi connectivity index (χ4n) is 2.63. The van der Waals surface area contributed by atoms with Crippen molar-refractivity contribution >= 4 is 0 Å². The van der Waals surface area contributed by atoms with E-state index < -0.39 is 0 Å². The minimum Gasteiger partial charge on any atom is -0.506 e. The van der Waals surface area contributed by atoms with Crippen LogP contribution in [0.5, 0.6) is 5.75 Å². The second-order valence-corrected chi connectivity index (χ2v) is 5.42. The van der Waals surface area contributed by atoms with Crippen molar-refractivity contribution in [1.82, 2.24) is 15.2 Å². The van der Waals surface area contributed by atoms with Crippen LogP contribution in [0.2, 0.25) is 0 Å². The fraction of sp³-hybridized carbons (Fsp3) is 0.667. The van der Waals surface area contributed by atoms with Crippen LogP contribution in [0.4, 0.5) is 0 Å². The molecule has 2 rings (SSSR count). The quantitative estimate of drug-likeness (QED) is 0.772. The van der Waals surface area contributed by atoms with E-state index in [9.17, 15) is 0 Å². The number of aromatic hydroxyl groups is 1. The first-order valence-electron chi connectivity index (χ1n) is 7.34. The maximum atomic E-state index is 9.15. The third kappa shape index (κ3) is 4.80. The van der Waals surface area contributed by atoms with E-state index in [1.807, 2.05) is 6.07 Å². The van der Waals surface area contributed by atoms with Crippen LogP contribution in [0.3, 0.4) is 0 Å². The first-order valence-corrected chi connectivity index (χ1v) is 7.34. The van der Waals surface area contributed by atoms with Gasteiger partial charge in [-0.1, -0.05) is 6.42 Å². The highest BCUT2D eigenvalue weighted by Gasteiger charge is 2.16. The Bertz CT molecular complexity index is 366. The molecule has 4 heteroatoms. The van der Waals surface area contributed by atoms with E-state index in [2.05, 4.69) is 22.1 Å². The van der Waals surface area contributed by atoms with Gasteiger partial charge in [-0.05, 0) is 58.0 Å². The molecule has 1 unspecified atom stereocenters. The highest BCUT2D eigenvalue weighted by Crippen LogP contribution is 2.16. The van der Waals surface area contributed by atoms with Gasteiger partial charge in [0, 0.05) is 12.6 Å². The molecule has 0 bridgehead atoms. The predicted octanol–water partition coefficient (Wildman–Crippen LogP) is 2.14. The van der Waals surface area contributed by atoms with Crippen LogP contribution in [0.15, 0.2) is 18.3 Å². The summed E-state index contributed by atoms with van der Waals surface area (Å²) >= 11 is 0. The Morgan fingerprint density at radius 1 is 1.42 bits per heavy atom. The maximum absolute atomic E-state index is 9.15. The zero-order chi connectivity index (χ0) is 13.5. The van der Waals surface area contributed by atoms with Gasteiger partial charge in [-0.25, -0.2) is 0 Å². The Balaban J connectivity index is 1.58. The van der Waals surface area contributed by atoms with Crippen molar-refractivity contribution in [3.8, 4) is 5.75 Å². The molecule has 2 N–H and O–H groups in total. The normalized spacial score (nSPS) is 20.6. The highest BCUT2D eigenvalue weighted by atomic mass is 16.3. The monoisotopic (exact) mass is 263 g/mol. The molecule has 1 fully saturated rings. The molecule has 2 heterocycles. The van der Waals surface area contributed by atoms with Crippen molar-refractivity contribution in [2.75, 3.05) is 19.6 Å².